The molecule has 1 amide bonds. The number of nitrogens with one attached hydrogen (secondary N) is 1. The van der Waals surface area contributed by atoms with E-state index in [-0.39, 0.29) is 17.5 Å². The average Bonchev–Trinajstić information content (AvgIpc) is 3.25. The van der Waals surface area contributed by atoms with Gasteiger partial charge in [-0.25, -0.2) is 4.68 Å². The number of anilines is 1. The lowest BCUT2D eigenvalue weighted by atomic mass is 10.1. The monoisotopic (exact) mass is 387 g/mol. The van der Waals surface area contributed by atoms with Crippen molar-refractivity contribution < 1.29 is 22.7 Å². The summed E-state index contributed by atoms with van der Waals surface area (Å²) in [6, 6.07) is 4.84. The number of nitrogens with zero attached hydrogens (tertiary/aromatic N) is 4. The molecule has 2 aromatic rings. The van der Waals surface area contributed by atoms with Crippen molar-refractivity contribution in [3.63, 3.8) is 0 Å². The molecule has 0 bridgehead atoms. The Morgan fingerprint density at radius 1 is 1.38 bits per heavy atom. The number of rotatable bonds is 6. The summed E-state index contributed by atoms with van der Waals surface area (Å²) in [5, 5.41) is 14.0. The Hall–Kier alpha value is -2.14. The first-order valence-electron chi connectivity index (χ1n) is 7.90. The molecule has 1 aromatic heterocycles. The summed E-state index contributed by atoms with van der Waals surface area (Å²) in [5.74, 6) is -0.684. The first-order valence-corrected chi connectivity index (χ1v) is 8.88. The fourth-order valence-corrected chi connectivity index (χ4v) is 3.24. The van der Waals surface area contributed by atoms with Crippen LogP contribution in [0.15, 0.2) is 29.4 Å². The molecule has 1 saturated heterocycles. The van der Waals surface area contributed by atoms with Crippen LogP contribution in [0.5, 0.6) is 0 Å². The largest absolute Gasteiger partial charge is 0.418 e. The second-order valence-electron chi connectivity index (χ2n) is 5.66. The molecule has 1 N–H and O–H groups in total. The van der Waals surface area contributed by atoms with E-state index < -0.39 is 17.6 Å². The van der Waals surface area contributed by atoms with Gasteiger partial charge in [-0.15, -0.1) is 5.10 Å². The predicted octanol–water partition coefficient (Wildman–Crippen LogP) is 2.60. The second-order valence-corrected chi connectivity index (χ2v) is 6.60. The van der Waals surface area contributed by atoms with Crippen LogP contribution in [0.1, 0.15) is 18.4 Å². The third kappa shape index (κ3) is 4.73. The molecule has 1 fully saturated rings. The second kappa shape index (κ2) is 8.04. The molecular formula is C15H16F3N5O2S. The standard InChI is InChI=1S/C15H16F3N5O2S/c16-15(17,18)11-5-1-2-6-12(11)19-13(24)9-26-14-20-21-22-23(14)8-10-4-3-7-25-10/h1-2,5-6,10H,3-4,7-9H2,(H,19,24). The maximum absolute atomic E-state index is 13.0. The van der Waals surface area contributed by atoms with Crippen LogP contribution < -0.4 is 5.32 Å². The molecule has 0 saturated carbocycles. The van der Waals surface area contributed by atoms with Gasteiger partial charge in [0.15, 0.2) is 0 Å². The van der Waals surface area contributed by atoms with Crippen LogP contribution in [0.4, 0.5) is 18.9 Å². The summed E-state index contributed by atoms with van der Waals surface area (Å²) in [7, 11) is 0. The number of hydrogen-bond donors (Lipinski definition) is 1. The molecule has 1 unspecified atom stereocenters. The van der Waals surface area contributed by atoms with Crippen LogP contribution >= 0.6 is 11.8 Å². The molecule has 140 valence electrons. The zero-order chi connectivity index (χ0) is 18.6. The number of aromatic nitrogens is 4. The highest BCUT2D eigenvalue weighted by Gasteiger charge is 2.33. The first-order chi connectivity index (χ1) is 12.4. The van der Waals surface area contributed by atoms with E-state index in [4.69, 9.17) is 4.74 Å². The maximum Gasteiger partial charge on any atom is 0.418 e. The topological polar surface area (TPSA) is 81.9 Å². The van der Waals surface area contributed by atoms with Gasteiger partial charge < -0.3 is 10.1 Å². The zero-order valence-electron chi connectivity index (χ0n) is 13.6. The van der Waals surface area contributed by atoms with E-state index in [0.29, 0.717) is 18.3 Å². The molecular weight excluding hydrogens is 371 g/mol. The van der Waals surface area contributed by atoms with E-state index in [9.17, 15) is 18.0 Å². The number of thioether (sulfide) groups is 1. The maximum atomic E-state index is 13.0. The third-order valence-electron chi connectivity index (χ3n) is 3.74. The number of carbonyl (C=O) groups is 1. The van der Waals surface area contributed by atoms with Gasteiger partial charge in [-0.2, -0.15) is 13.2 Å². The number of carbonyl (C=O) groups excluding carboxylic acids is 1. The van der Waals surface area contributed by atoms with Gasteiger partial charge in [0.1, 0.15) is 0 Å². The number of amides is 1. The smallest absolute Gasteiger partial charge is 0.376 e. The van der Waals surface area contributed by atoms with Gasteiger partial charge in [-0.05, 0) is 35.4 Å². The van der Waals surface area contributed by atoms with E-state index in [1.807, 2.05) is 0 Å². The number of halogens is 3. The summed E-state index contributed by atoms with van der Waals surface area (Å²) < 4.78 is 45.9. The molecule has 3 rings (SSSR count). The molecule has 26 heavy (non-hydrogen) atoms. The lowest BCUT2D eigenvalue weighted by molar-refractivity contribution is -0.137. The highest BCUT2D eigenvalue weighted by atomic mass is 32.2. The van der Waals surface area contributed by atoms with Crippen molar-refractivity contribution in [3.8, 4) is 0 Å². The van der Waals surface area contributed by atoms with Crippen LogP contribution in [0.2, 0.25) is 0 Å². The van der Waals surface area contributed by atoms with Crippen LogP contribution in [0.25, 0.3) is 0 Å². The van der Waals surface area contributed by atoms with Gasteiger partial charge in [0.05, 0.1) is 29.7 Å². The highest BCUT2D eigenvalue weighted by molar-refractivity contribution is 7.99. The number of para-hydroxylation sites is 1. The molecule has 0 spiro atoms. The molecule has 11 heteroatoms. The lowest BCUT2D eigenvalue weighted by Gasteiger charge is -2.13. The number of ether oxygens (including phenoxy) is 1. The SMILES string of the molecule is O=C(CSc1nnnn1CC1CCCO1)Nc1ccccc1C(F)(F)F. The summed E-state index contributed by atoms with van der Waals surface area (Å²) in [6.07, 6.45) is -2.61. The first kappa shape index (κ1) is 18.6. The predicted molar refractivity (Wildman–Crippen MR) is 87.6 cm³/mol. The van der Waals surface area contributed by atoms with Crippen molar-refractivity contribution in [3.05, 3.63) is 29.8 Å². The minimum Gasteiger partial charge on any atom is -0.376 e. The highest BCUT2D eigenvalue weighted by Crippen LogP contribution is 2.34. The summed E-state index contributed by atoms with van der Waals surface area (Å²) >= 11 is 1.06. The van der Waals surface area contributed by atoms with Crippen LogP contribution in [-0.2, 0) is 22.3 Å². The minimum absolute atomic E-state index is 0.0327. The van der Waals surface area contributed by atoms with E-state index >= 15 is 0 Å². The Balaban J connectivity index is 1.58. The van der Waals surface area contributed by atoms with Gasteiger partial charge in [-0.1, -0.05) is 23.9 Å². The molecule has 1 aromatic carbocycles. The van der Waals surface area contributed by atoms with E-state index in [0.717, 1.165) is 30.7 Å². The Morgan fingerprint density at radius 2 is 2.19 bits per heavy atom. The van der Waals surface area contributed by atoms with Gasteiger partial charge >= 0.3 is 6.18 Å². The Morgan fingerprint density at radius 3 is 2.92 bits per heavy atom. The van der Waals surface area contributed by atoms with Gasteiger partial charge in [0, 0.05) is 6.61 Å². The Kier molecular flexibility index (Phi) is 5.77. The molecule has 0 aliphatic carbocycles. The zero-order valence-corrected chi connectivity index (χ0v) is 14.4. The van der Waals surface area contributed by atoms with Crippen LogP contribution in [0, 0.1) is 0 Å². The van der Waals surface area contributed by atoms with Crippen molar-refractivity contribution in [2.45, 2.75) is 36.8 Å². The fourth-order valence-electron chi connectivity index (χ4n) is 2.55. The summed E-state index contributed by atoms with van der Waals surface area (Å²) in [4.78, 5) is 12.0. The van der Waals surface area contributed by atoms with E-state index in [1.54, 1.807) is 0 Å². The van der Waals surface area contributed by atoms with E-state index in [1.165, 1.54) is 22.9 Å². The minimum atomic E-state index is -4.54. The quantitative estimate of drug-likeness (QED) is 0.768. The van der Waals surface area contributed by atoms with Gasteiger partial charge in [0.25, 0.3) is 0 Å². The van der Waals surface area contributed by atoms with Crippen molar-refractivity contribution in [2.24, 2.45) is 0 Å². The normalized spacial score (nSPS) is 17.4. The number of tetrazole rings is 1. The Bertz CT molecular complexity index is 762. The lowest BCUT2D eigenvalue weighted by Crippen LogP contribution is -2.19. The van der Waals surface area contributed by atoms with Crippen LogP contribution in [-0.4, -0.2) is 44.6 Å². The molecule has 1 aliphatic heterocycles. The number of alkyl halides is 3. The molecule has 7 nitrogen and oxygen atoms in total. The van der Waals surface area contributed by atoms with Crippen molar-refractivity contribution in [2.75, 3.05) is 17.7 Å². The summed E-state index contributed by atoms with van der Waals surface area (Å²) in [6.45, 7) is 1.18. The summed E-state index contributed by atoms with van der Waals surface area (Å²) in [5.41, 5.74) is -1.16. The molecule has 0 radical (unpaired) electrons. The molecule has 2 heterocycles. The average molecular weight is 387 g/mol. The van der Waals surface area contributed by atoms with Crippen LogP contribution in [0.3, 0.4) is 0 Å². The van der Waals surface area contributed by atoms with Crippen molar-refractivity contribution in [1.82, 2.24) is 20.2 Å². The molecule has 1 aliphatic rings. The number of hydrogen-bond acceptors (Lipinski definition) is 6. The van der Waals surface area contributed by atoms with Crippen molar-refractivity contribution >= 4 is 23.4 Å². The molecule has 1 atom stereocenters. The van der Waals surface area contributed by atoms with Gasteiger partial charge in [0.2, 0.25) is 11.1 Å². The van der Waals surface area contributed by atoms with Gasteiger partial charge in [-0.3, -0.25) is 4.79 Å². The fraction of sp³-hybridized carbons (Fsp3) is 0.467. The van der Waals surface area contributed by atoms with E-state index in [2.05, 4.69) is 20.8 Å². The third-order valence-corrected chi connectivity index (χ3v) is 4.70. The van der Waals surface area contributed by atoms with Crippen molar-refractivity contribution in [1.29, 1.82) is 0 Å². The Labute approximate surface area is 151 Å². The number of benzene rings is 1.